The predicted molar refractivity (Wildman–Crippen MR) is 117 cm³/mol. The molecule has 1 N–H and O–H groups in total. The molecule has 0 fully saturated rings. The van der Waals surface area contributed by atoms with Crippen LogP contribution >= 0.6 is 0 Å². The molecule has 0 spiro atoms. The second-order valence-electron chi connectivity index (χ2n) is 7.13. The van der Waals surface area contributed by atoms with Crippen LogP contribution in [0.15, 0.2) is 66.7 Å². The Morgan fingerprint density at radius 1 is 0.969 bits per heavy atom. The number of aliphatic carboxylic acids is 1. The van der Waals surface area contributed by atoms with E-state index in [9.17, 15) is 9.90 Å². The fourth-order valence-electron chi connectivity index (χ4n) is 3.25. The fourth-order valence-corrected chi connectivity index (χ4v) is 3.25. The molecule has 3 aromatic rings. The van der Waals surface area contributed by atoms with Gasteiger partial charge in [0.2, 0.25) is 17.9 Å². The van der Waals surface area contributed by atoms with Gasteiger partial charge >= 0.3 is 12.0 Å². The lowest BCUT2D eigenvalue weighted by molar-refractivity contribution is -0.168. The highest BCUT2D eigenvalue weighted by Crippen LogP contribution is 2.33. The van der Waals surface area contributed by atoms with E-state index in [0.717, 1.165) is 5.56 Å². The van der Waals surface area contributed by atoms with E-state index in [1.807, 2.05) is 48.5 Å². The SMILES string of the molecule is COc1cc(OC)nc(OC(C(=O)O)C(C)(OCCc2ccccc2)c2ccccc2)n1. The summed E-state index contributed by atoms with van der Waals surface area (Å²) in [6.07, 6.45) is -0.837. The number of ether oxygens (including phenoxy) is 4. The van der Waals surface area contributed by atoms with Gasteiger partial charge in [0.05, 0.1) is 26.9 Å². The summed E-state index contributed by atoms with van der Waals surface area (Å²) in [5.74, 6) is -0.855. The summed E-state index contributed by atoms with van der Waals surface area (Å²) in [5, 5.41) is 10.1. The number of methoxy groups -OCH3 is 2. The number of benzene rings is 2. The number of rotatable bonds is 11. The number of aromatic nitrogens is 2. The van der Waals surface area contributed by atoms with Crippen molar-refractivity contribution < 1.29 is 28.8 Å². The van der Waals surface area contributed by atoms with Crippen molar-refractivity contribution in [1.82, 2.24) is 9.97 Å². The predicted octanol–water partition coefficient (Wildman–Crippen LogP) is 3.50. The van der Waals surface area contributed by atoms with Crippen molar-refractivity contribution in [2.24, 2.45) is 0 Å². The highest BCUT2D eigenvalue weighted by Gasteiger charge is 2.45. The average molecular weight is 438 g/mol. The smallest absolute Gasteiger partial charge is 0.348 e. The van der Waals surface area contributed by atoms with E-state index in [0.29, 0.717) is 12.0 Å². The minimum absolute atomic E-state index is 0.183. The van der Waals surface area contributed by atoms with E-state index in [-0.39, 0.29) is 24.4 Å². The lowest BCUT2D eigenvalue weighted by atomic mass is 9.89. The molecule has 2 atom stereocenters. The van der Waals surface area contributed by atoms with E-state index in [1.54, 1.807) is 19.1 Å². The van der Waals surface area contributed by atoms with Crippen LogP contribution in [0.5, 0.6) is 17.8 Å². The second-order valence-corrected chi connectivity index (χ2v) is 7.13. The zero-order chi connectivity index (χ0) is 23.0. The van der Waals surface area contributed by atoms with Gasteiger partial charge in [0.25, 0.3) is 0 Å². The van der Waals surface area contributed by atoms with E-state index >= 15 is 0 Å². The van der Waals surface area contributed by atoms with Gasteiger partial charge < -0.3 is 24.1 Å². The van der Waals surface area contributed by atoms with Crippen LogP contribution in [-0.4, -0.2) is 48.0 Å². The van der Waals surface area contributed by atoms with E-state index in [1.165, 1.54) is 20.3 Å². The van der Waals surface area contributed by atoms with Gasteiger partial charge in [0.15, 0.2) is 0 Å². The molecule has 0 radical (unpaired) electrons. The first kappa shape index (κ1) is 23.0. The second kappa shape index (κ2) is 10.6. The van der Waals surface area contributed by atoms with Gasteiger partial charge in [-0.1, -0.05) is 60.7 Å². The van der Waals surface area contributed by atoms with Gasteiger partial charge in [0.1, 0.15) is 5.60 Å². The molecule has 0 saturated carbocycles. The molecule has 0 saturated heterocycles. The summed E-state index contributed by atoms with van der Waals surface area (Å²) in [6, 6.07) is 20.2. The molecule has 0 aliphatic carbocycles. The van der Waals surface area contributed by atoms with Crippen LogP contribution in [0.1, 0.15) is 18.1 Å². The lowest BCUT2D eigenvalue weighted by Gasteiger charge is -2.35. The summed E-state index contributed by atoms with van der Waals surface area (Å²) in [6.45, 7) is 1.97. The molecular weight excluding hydrogens is 412 g/mol. The zero-order valence-corrected chi connectivity index (χ0v) is 18.2. The van der Waals surface area contributed by atoms with Gasteiger partial charge in [-0.25, -0.2) is 4.79 Å². The summed E-state index contributed by atoms with van der Waals surface area (Å²) in [4.78, 5) is 20.5. The summed E-state index contributed by atoms with van der Waals surface area (Å²) in [5.41, 5.74) is 0.397. The molecule has 1 aromatic heterocycles. The van der Waals surface area contributed by atoms with Crippen LogP contribution in [0, 0.1) is 0 Å². The van der Waals surface area contributed by atoms with Gasteiger partial charge in [-0.05, 0) is 24.5 Å². The van der Waals surface area contributed by atoms with Crippen LogP contribution in [0.3, 0.4) is 0 Å². The first-order valence-electron chi connectivity index (χ1n) is 10.1. The number of hydrogen-bond donors (Lipinski definition) is 1. The first-order valence-corrected chi connectivity index (χ1v) is 10.1. The first-order chi connectivity index (χ1) is 15.5. The van der Waals surface area contributed by atoms with Gasteiger partial charge in [0, 0.05) is 0 Å². The molecule has 0 aliphatic heterocycles. The third kappa shape index (κ3) is 5.53. The Kier molecular flexibility index (Phi) is 7.62. The van der Waals surface area contributed by atoms with Crippen molar-refractivity contribution in [2.45, 2.75) is 25.0 Å². The fraction of sp³-hybridized carbons (Fsp3) is 0.292. The van der Waals surface area contributed by atoms with Gasteiger partial charge in [-0.3, -0.25) is 0 Å². The quantitative estimate of drug-likeness (QED) is 0.486. The molecule has 0 amide bonds. The molecule has 0 aliphatic rings. The Morgan fingerprint density at radius 2 is 1.53 bits per heavy atom. The van der Waals surface area contributed by atoms with Gasteiger partial charge in [-0.2, -0.15) is 9.97 Å². The van der Waals surface area contributed by atoms with E-state index in [4.69, 9.17) is 18.9 Å². The highest BCUT2D eigenvalue weighted by atomic mass is 16.6. The summed E-state index contributed by atoms with van der Waals surface area (Å²) in [7, 11) is 2.86. The number of nitrogens with zero attached hydrogens (tertiary/aromatic N) is 2. The minimum Gasteiger partial charge on any atom is -0.481 e. The largest absolute Gasteiger partial charge is 0.481 e. The van der Waals surface area contributed by atoms with Crippen LogP contribution in [0.4, 0.5) is 0 Å². The average Bonchev–Trinajstić information content (AvgIpc) is 2.83. The van der Waals surface area contributed by atoms with Crippen molar-refractivity contribution >= 4 is 5.97 Å². The maximum atomic E-state index is 12.3. The van der Waals surface area contributed by atoms with Crippen LogP contribution in [-0.2, 0) is 21.6 Å². The molecule has 8 heteroatoms. The third-order valence-corrected chi connectivity index (χ3v) is 5.01. The maximum Gasteiger partial charge on any atom is 0.348 e. The Morgan fingerprint density at radius 3 is 2.06 bits per heavy atom. The number of carboxylic acids is 1. The molecule has 3 rings (SSSR count). The van der Waals surface area contributed by atoms with Crippen LogP contribution < -0.4 is 14.2 Å². The normalized spacial score (nSPS) is 13.6. The Bertz CT molecular complexity index is 993. The molecule has 8 nitrogen and oxygen atoms in total. The van der Waals surface area contributed by atoms with Crippen LogP contribution in [0.2, 0.25) is 0 Å². The van der Waals surface area contributed by atoms with Gasteiger partial charge in [-0.15, -0.1) is 0 Å². The molecule has 2 aromatic carbocycles. The number of carboxylic acid groups (broad SMARTS) is 1. The molecular formula is C24H26N2O6. The molecule has 168 valence electrons. The molecule has 0 bridgehead atoms. The highest BCUT2D eigenvalue weighted by molar-refractivity contribution is 5.75. The lowest BCUT2D eigenvalue weighted by Crippen LogP contribution is -2.48. The van der Waals surface area contributed by atoms with Crippen LogP contribution in [0.25, 0.3) is 0 Å². The summed E-state index contributed by atoms with van der Waals surface area (Å²) >= 11 is 0. The van der Waals surface area contributed by atoms with Crippen molar-refractivity contribution in [1.29, 1.82) is 0 Å². The standard InChI is InChI=1S/C24H26N2O6/c1-24(18-12-8-5-9-13-18,31-15-14-17-10-6-4-7-11-17)21(22(27)28)32-23-25-19(29-2)16-20(26-23)30-3/h4-13,16,21H,14-15H2,1-3H3,(H,27,28). The van der Waals surface area contributed by atoms with Crippen molar-refractivity contribution in [3.8, 4) is 17.8 Å². The monoisotopic (exact) mass is 438 g/mol. The zero-order valence-electron chi connectivity index (χ0n) is 18.2. The third-order valence-electron chi connectivity index (χ3n) is 5.01. The van der Waals surface area contributed by atoms with Crippen molar-refractivity contribution in [3.63, 3.8) is 0 Å². The molecule has 2 unspecified atom stereocenters. The number of carbonyl (C=O) groups is 1. The van der Waals surface area contributed by atoms with E-state index < -0.39 is 17.7 Å². The molecule has 1 heterocycles. The number of hydrogen-bond acceptors (Lipinski definition) is 7. The Hall–Kier alpha value is -3.65. The Balaban J connectivity index is 1.92. The Labute approximate surface area is 186 Å². The summed E-state index contributed by atoms with van der Waals surface area (Å²) < 4.78 is 22.2. The molecule has 32 heavy (non-hydrogen) atoms. The maximum absolute atomic E-state index is 12.3. The minimum atomic E-state index is -1.45. The van der Waals surface area contributed by atoms with Crippen molar-refractivity contribution in [3.05, 3.63) is 77.9 Å². The van der Waals surface area contributed by atoms with E-state index in [2.05, 4.69) is 9.97 Å². The van der Waals surface area contributed by atoms with Crippen molar-refractivity contribution in [2.75, 3.05) is 20.8 Å². The topological polar surface area (TPSA) is 100 Å².